The second-order valence-corrected chi connectivity index (χ2v) is 4.60. The number of nitrogens with zero attached hydrogens (tertiary/aromatic N) is 3. The Kier molecular flexibility index (Phi) is 2.56. The average molecular weight is 258 g/mol. The van der Waals surface area contributed by atoms with E-state index in [0.717, 1.165) is 28.3 Å². The van der Waals surface area contributed by atoms with E-state index < -0.39 is 0 Å². The van der Waals surface area contributed by atoms with Gasteiger partial charge in [-0.05, 0) is 19.1 Å². The molecule has 1 aromatic heterocycles. The van der Waals surface area contributed by atoms with E-state index in [9.17, 15) is 0 Å². The van der Waals surface area contributed by atoms with Crippen molar-refractivity contribution in [1.29, 1.82) is 0 Å². The molecule has 3 nitrogen and oxygen atoms in total. The summed E-state index contributed by atoms with van der Waals surface area (Å²) in [6, 6.07) is 10.1. The summed E-state index contributed by atoms with van der Waals surface area (Å²) in [5.41, 5.74) is 4.90. The largest absolute Gasteiger partial charge is 0.342 e. The van der Waals surface area contributed by atoms with Gasteiger partial charge in [0.1, 0.15) is 5.69 Å². The first kappa shape index (κ1) is 11.2. The maximum absolute atomic E-state index is 6.14. The van der Waals surface area contributed by atoms with Crippen LogP contribution >= 0.6 is 11.6 Å². The highest BCUT2D eigenvalue weighted by atomic mass is 35.5. The summed E-state index contributed by atoms with van der Waals surface area (Å²) in [5, 5.41) is 0.437. The molecule has 2 heterocycles. The predicted octanol–water partition coefficient (Wildman–Crippen LogP) is 3.96. The number of hydrogen-bond donors (Lipinski definition) is 0. The van der Waals surface area contributed by atoms with Crippen molar-refractivity contribution in [3.8, 4) is 0 Å². The van der Waals surface area contributed by atoms with Crippen LogP contribution in [0.4, 0.5) is 17.1 Å². The molecule has 4 heteroatoms. The van der Waals surface area contributed by atoms with Crippen LogP contribution in [0.1, 0.15) is 12.5 Å². The summed E-state index contributed by atoms with van der Waals surface area (Å²) >= 11 is 6.14. The number of rotatable bonds is 0. The van der Waals surface area contributed by atoms with Crippen LogP contribution in [0.15, 0.2) is 41.5 Å². The molecule has 0 saturated heterocycles. The number of halogens is 1. The molecule has 18 heavy (non-hydrogen) atoms. The van der Waals surface area contributed by atoms with Gasteiger partial charge in [0.25, 0.3) is 0 Å². The molecule has 0 spiro atoms. The van der Waals surface area contributed by atoms with Crippen molar-refractivity contribution in [1.82, 2.24) is 4.98 Å². The molecule has 0 N–H and O–H groups in total. The highest BCUT2D eigenvalue weighted by molar-refractivity contribution is 6.33. The molecule has 0 fully saturated rings. The van der Waals surface area contributed by atoms with Gasteiger partial charge in [-0.25, -0.2) is 9.98 Å². The first-order valence-corrected chi connectivity index (χ1v) is 6.09. The lowest BCUT2D eigenvalue weighted by molar-refractivity contribution is 1.19. The molecule has 0 radical (unpaired) electrons. The van der Waals surface area contributed by atoms with Gasteiger partial charge in [-0.3, -0.25) is 0 Å². The normalized spacial score (nSPS) is 13.5. The maximum Gasteiger partial charge on any atom is 0.156 e. The number of hydrogen-bond acceptors (Lipinski definition) is 3. The lowest BCUT2D eigenvalue weighted by atomic mass is 10.1. The lowest BCUT2D eigenvalue weighted by Gasteiger charge is -2.21. The minimum atomic E-state index is 0.437. The van der Waals surface area contributed by atoms with E-state index in [4.69, 9.17) is 11.6 Å². The van der Waals surface area contributed by atoms with Gasteiger partial charge in [0.2, 0.25) is 0 Å². The number of aromatic nitrogens is 1. The van der Waals surface area contributed by atoms with Crippen LogP contribution in [0.5, 0.6) is 0 Å². The van der Waals surface area contributed by atoms with Crippen LogP contribution in [0.3, 0.4) is 0 Å². The summed E-state index contributed by atoms with van der Waals surface area (Å²) in [6.07, 6.45) is 1.70. The zero-order chi connectivity index (χ0) is 12.7. The Labute approximate surface area is 111 Å². The van der Waals surface area contributed by atoms with Gasteiger partial charge in [-0.2, -0.15) is 0 Å². The van der Waals surface area contributed by atoms with Gasteiger partial charge in [-0.1, -0.05) is 29.8 Å². The fourth-order valence-electron chi connectivity index (χ4n) is 2.22. The summed E-state index contributed by atoms with van der Waals surface area (Å²) in [6.45, 7) is 1.99. The average Bonchev–Trinajstić information content (AvgIpc) is 2.49. The molecular weight excluding hydrogens is 246 g/mol. The molecule has 0 aliphatic carbocycles. The van der Waals surface area contributed by atoms with Gasteiger partial charge in [0.15, 0.2) is 5.15 Å². The first-order chi connectivity index (χ1) is 8.68. The van der Waals surface area contributed by atoms with Crippen LogP contribution in [-0.4, -0.2) is 17.7 Å². The number of para-hydroxylation sites is 1. The van der Waals surface area contributed by atoms with Gasteiger partial charge in [0.05, 0.1) is 11.4 Å². The highest BCUT2D eigenvalue weighted by Gasteiger charge is 2.20. The van der Waals surface area contributed by atoms with E-state index in [-0.39, 0.29) is 0 Å². The first-order valence-electron chi connectivity index (χ1n) is 5.71. The van der Waals surface area contributed by atoms with Crippen molar-refractivity contribution in [3.63, 3.8) is 0 Å². The Morgan fingerprint density at radius 3 is 2.72 bits per heavy atom. The smallest absolute Gasteiger partial charge is 0.156 e. The van der Waals surface area contributed by atoms with E-state index in [2.05, 4.69) is 27.0 Å². The molecular formula is C14H12ClN3. The number of aliphatic imine (C=N–C) groups is 1. The minimum absolute atomic E-state index is 0.437. The van der Waals surface area contributed by atoms with Crippen molar-refractivity contribution in [2.75, 3.05) is 11.9 Å². The number of pyridine rings is 1. The van der Waals surface area contributed by atoms with Gasteiger partial charge < -0.3 is 4.90 Å². The van der Waals surface area contributed by atoms with E-state index in [1.54, 1.807) is 6.20 Å². The van der Waals surface area contributed by atoms with Crippen LogP contribution in [0.25, 0.3) is 0 Å². The molecule has 1 aliphatic rings. The molecule has 0 atom stereocenters. The molecule has 0 unspecified atom stereocenters. The monoisotopic (exact) mass is 257 g/mol. The third kappa shape index (κ3) is 1.59. The molecule has 0 saturated carbocycles. The number of anilines is 2. The van der Waals surface area contributed by atoms with Crippen LogP contribution in [0, 0.1) is 0 Å². The van der Waals surface area contributed by atoms with Crippen molar-refractivity contribution >= 4 is 34.4 Å². The fraction of sp³-hybridized carbons (Fsp3) is 0.143. The van der Waals surface area contributed by atoms with Crippen molar-refractivity contribution < 1.29 is 0 Å². The molecule has 3 rings (SSSR count). The van der Waals surface area contributed by atoms with E-state index in [1.807, 2.05) is 32.2 Å². The predicted molar refractivity (Wildman–Crippen MR) is 75.6 cm³/mol. The maximum atomic E-state index is 6.14. The Bertz CT molecular complexity index is 649. The van der Waals surface area contributed by atoms with E-state index >= 15 is 0 Å². The Morgan fingerprint density at radius 2 is 1.89 bits per heavy atom. The third-order valence-corrected chi connectivity index (χ3v) is 3.43. The van der Waals surface area contributed by atoms with E-state index in [1.165, 1.54) is 0 Å². The third-order valence-electron chi connectivity index (χ3n) is 3.15. The topological polar surface area (TPSA) is 28.5 Å². The van der Waals surface area contributed by atoms with Crippen molar-refractivity contribution in [2.45, 2.75) is 6.92 Å². The zero-order valence-electron chi connectivity index (χ0n) is 10.2. The second-order valence-electron chi connectivity index (χ2n) is 4.24. The van der Waals surface area contributed by atoms with Crippen LogP contribution in [-0.2, 0) is 0 Å². The molecule has 1 aliphatic heterocycles. The van der Waals surface area contributed by atoms with Gasteiger partial charge >= 0.3 is 0 Å². The molecule has 1 aromatic carbocycles. The van der Waals surface area contributed by atoms with Crippen molar-refractivity contribution in [2.24, 2.45) is 4.99 Å². The van der Waals surface area contributed by atoms with E-state index in [0.29, 0.717) is 5.15 Å². The van der Waals surface area contributed by atoms with Crippen LogP contribution in [0.2, 0.25) is 5.15 Å². The highest BCUT2D eigenvalue weighted by Crippen LogP contribution is 2.41. The summed E-state index contributed by atoms with van der Waals surface area (Å²) < 4.78 is 0. The molecule has 0 amide bonds. The van der Waals surface area contributed by atoms with Gasteiger partial charge in [-0.15, -0.1) is 0 Å². The van der Waals surface area contributed by atoms with Crippen LogP contribution < -0.4 is 4.90 Å². The zero-order valence-corrected chi connectivity index (χ0v) is 10.9. The molecule has 2 aromatic rings. The molecule has 90 valence electrons. The second kappa shape index (κ2) is 4.10. The minimum Gasteiger partial charge on any atom is -0.342 e. The summed E-state index contributed by atoms with van der Waals surface area (Å²) in [5.74, 6) is 0. The SMILES string of the molecule is CC1=Nc2c(ccnc2Cl)N(C)c2ccccc21. The van der Waals surface area contributed by atoms with Gasteiger partial charge in [0, 0.05) is 24.5 Å². The molecule has 0 bridgehead atoms. The number of benzene rings is 1. The summed E-state index contributed by atoms with van der Waals surface area (Å²) in [7, 11) is 2.02. The summed E-state index contributed by atoms with van der Waals surface area (Å²) in [4.78, 5) is 10.8. The Morgan fingerprint density at radius 1 is 1.11 bits per heavy atom. The van der Waals surface area contributed by atoms with Crippen molar-refractivity contribution in [3.05, 3.63) is 47.2 Å². The Hall–Kier alpha value is -1.87. The quantitative estimate of drug-likeness (QED) is 0.669. The number of fused-ring (bicyclic) bond motifs is 2. The standard InChI is InChI=1S/C14H12ClN3/c1-9-10-5-3-4-6-11(10)18(2)12-7-8-16-14(15)13(12)17-9/h3-8H,1-2H3. The lowest BCUT2D eigenvalue weighted by Crippen LogP contribution is -2.11. The fourth-order valence-corrected chi connectivity index (χ4v) is 2.42. The Balaban J connectivity index is 2.35.